The lowest BCUT2D eigenvalue weighted by atomic mass is 10.1. The van der Waals surface area contributed by atoms with Crippen molar-refractivity contribution in [2.75, 3.05) is 13.1 Å². The monoisotopic (exact) mass is 287 g/mol. The molecule has 2 aromatic heterocycles. The Morgan fingerprint density at radius 3 is 3.20 bits per heavy atom. The summed E-state index contributed by atoms with van der Waals surface area (Å²) in [5.74, 6) is 0.165. The van der Waals surface area contributed by atoms with Crippen LogP contribution in [0.4, 0.5) is 0 Å². The van der Waals surface area contributed by atoms with Gasteiger partial charge in [-0.05, 0) is 35.6 Å². The van der Waals surface area contributed by atoms with Crippen molar-refractivity contribution >= 4 is 17.2 Å². The van der Waals surface area contributed by atoms with Gasteiger partial charge in [-0.25, -0.2) is 0 Å². The van der Waals surface area contributed by atoms with Gasteiger partial charge in [0.25, 0.3) is 0 Å². The first-order chi connectivity index (χ1) is 9.83. The van der Waals surface area contributed by atoms with Crippen LogP contribution in [0.2, 0.25) is 0 Å². The van der Waals surface area contributed by atoms with Crippen LogP contribution >= 0.6 is 11.3 Å². The number of nitrogens with zero attached hydrogens (tertiary/aromatic N) is 2. The lowest BCUT2D eigenvalue weighted by Crippen LogP contribution is -2.40. The molecular formula is C15H17N3OS. The fourth-order valence-corrected chi connectivity index (χ4v) is 3.26. The maximum Gasteiger partial charge on any atom is 0.236 e. The van der Waals surface area contributed by atoms with Gasteiger partial charge in [0.05, 0.1) is 12.2 Å². The number of thiophene rings is 1. The van der Waals surface area contributed by atoms with Crippen LogP contribution in [0.25, 0.3) is 0 Å². The van der Waals surface area contributed by atoms with Crippen LogP contribution in [-0.2, 0) is 24.3 Å². The summed E-state index contributed by atoms with van der Waals surface area (Å²) < 4.78 is 0. The number of carbonyl (C=O) groups excluding carboxylic acids is 1. The number of amides is 1. The Labute approximate surface area is 122 Å². The Morgan fingerprint density at radius 2 is 2.35 bits per heavy atom. The predicted octanol–water partition coefficient (Wildman–Crippen LogP) is 1.82. The quantitative estimate of drug-likeness (QED) is 0.933. The molecule has 0 aromatic carbocycles. The molecule has 0 fully saturated rings. The van der Waals surface area contributed by atoms with Gasteiger partial charge < -0.3 is 10.2 Å². The predicted molar refractivity (Wildman–Crippen MR) is 79.4 cm³/mol. The minimum absolute atomic E-state index is 0.165. The summed E-state index contributed by atoms with van der Waals surface area (Å²) in [6.07, 6.45) is 2.75. The molecule has 0 unspecified atom stereocenters. The lowest BCUT2D eigenvalue weighted by molar-refractivity contribution is -0.131. The normalized spacial score (nSPS) is 14.1. The van der Waals surface area contributed by atoms with Gasteiger partial charge in [0.15, 0.2) is 0 Å². The van der Waals surface area contributed by atoms with E-state index in [-0.39, 0.29) is 5.91 Å². The van der Waals surface area contributed by atoms with E-state index in [1.54, 1.807) is 17.5 Å². The first kappa shape index (κ1) is 13.3. The topological polar surface area (TPSA) is 45.2 Å². The highest BCUT2D eigenvalue weighted by atomic mass is 32.1. The van der Waals surface area contributed by atoms with Crippen molar-refractivity contribution in [2.24, 2.45) is 0 Å². The van der Waals surface area contributed by atoms with Crippen LogP contribution < -0.4 is 5.32 Å². The molecule has 1 aliphatic heterocycles. The van der Waals surface area contributed by atoms with E-state index in [9.17, 15) is 4.79 Å². The molecule has 0 saturated heterocycles. The van der Waals surface area contributed by atoms with Crippen LogP contribution in [0.15, 0.2) is 35.8 Å². The molecule has 3 rings (SSSR count). The molecule has 0 atom stereocenters. The minimum atomic E-state index is 0.165. The molecule has 3 heterocycles. The van der Waals surface area contributed by atoms with E-state index in [1.807, 2.05) is 23.1 Å². The molecule has 1 aliphatic rings. The molecule has 20 heavy (non-hydrogen) atoms. The van der Waals surface area contributed by atoms with E-state index in [4.69, 9.17) is 0 Å². The Hall–Kier alpha value is -1.72. The summed E-state index contributed by atoms with van der Waals surface area (Å²) in [6.45, 7) is 2.58. The molecule has 1 N–H and O–H groups in total. The number of aromatic nitrogens is 1. The van der Waals surface area contributed by atoms with E-state index in [0.29, 0.717) is 13.1 Å². The summed E-state index contributed by atoms with van der Waals surface area (Å²) in [5.41, 5.74) is 2.26. The summed E-state index contributed by atoms with van der Waals surface area (Å²) >= 11 is 1.79. The molecule has 5 heteroatoms. The third-order valence-corrected chi connectivity index (χ3v) is 4.49. The van der Waals surface area contributed by atoms with E-state index in [1.165, 1.54) is 10.4 Å². The smallest absolute Gasteiger partial charge is 0.236 e. The van der Waals surface area contributed by atoms with Crippen molar-refractivity contribution < 1.29 is 4.79 Å². The molecule has 0 spiro atoms. The third-order valence-electron chi connectivity index (χ3n) is 3.47. The van der Waals surface area contributed by atoms with Gasteiger partial charge >= 0.3 is 0 Å². The average Bonchev–Trinajstić information content (AvgIpc) is 2.95. The maximum absolute atomic E-state index is 12.2. The molecular weight excluding hydrogens is 270 g/mol. The van der Waals surface area contributed by atoms with Gasteiger partial charge in [-0.2, -0.15) is 0 Å². The van der Waals surface area contributed by atoms with E-state index >= 15 is 0 Å². The Morgan fingerprint density at radius 1 is 1.40 bits per heavy atom. The van der Waals surface area contributed by atoms with Gasteiger partial charge in [-0.1, -0.05) is 6.07 Å². The van der Waals surface area contributed by atoms with Crippen molar-refractivity contribution in [3.63, 3.8) is 0 Å². The number of hydrogen-bond acceptors (Lipinski definition) is 4. The van der Waals surface area contributed by atoms with E-state index in [2.05, 4.69) is 21.7 Å². The van der Waals surface area contributed by atoms with Gasteiger partial charge in [-0.3, -0.25) is 9.78 Å². The van der Waals surface area contributed by atoms with Crippen molar-refractivity contribution in [2.45, 2.75) is 19.5 Å². The molecule has 104 valence electrons. The van der Waals surface area contributed by atoms with Crippen LogP contribution in [0.3, 0.4) is 0 Å². The number of nitrogens with one attached hydrogen (secondary N) is 1. The molecule has 0 radical (unpaired) electrons. The lowest BCUT2D eigenvalue weighted by Gasteiger charge is -2.27. The third kappa shape index (κ3) is 3.05. The minimum Gasteiger partial charge on any atom is -0.337 e. The second kappa shape index (κ2) is 6.15. The largest absolute Gasteiger partial charge is 0.337 e. The van der Waals surface area contributed by atoms with Gasteiger partial charge in [0, 0.05) is 30.7 Å². The molecule has 0 aliphatic carbocycles. The second-order valence-electron chi connectivity index (χ2n) is 4.86. The highest BCUT2D eigenvalue weighted by Gasteiger charge is 2.20. The first-order valence-corrected chi connectivity index (χ1v) is 7.64. The molecule has 4 nitrogen and oxygen atoms in total. The zero-order valence-corrected chi connectivity index (χ0v) is 12.0. The Kier molecular flexibility index (Phi) is 4.08. The highest BCUT2D eigenvalue weighted by Crippen LogP contribution is 2.23. The number of hydrogen-bond donors (Lipinski definition) is 1. The number of rotatable bonds is 4. The molecule has 0 saturated carbocycles. The van der Waals surface area contributed by atoms with Gasteiger partial charge in [-0.15, -0.1) is 11.3 Å². The number of fused-ring (bicyclic) bond motifs is 1. The fraction of sp³-hybridized carbons (Fsp3) is 0.333. The van der Waals surface area contributed by atoms with E-state index < -0.39 is 0 Å². The first-order valence-electron chi connectivity index (χ1n) is 6.76. The highest BCUT2D eigenvalue weighted by molar-refractivity contribution is 7.10. The summed E-state index contributed by atoms with van der Waals surface area (Å²) in [7, 11) is 0. The fourth-order valence-electron chi connectivity index (χ4n) is 2.37. The zero-order valence-electron chi connectivity index (χ0n) is 11.2. The average molecular weight is 287 g/mol. The standard InChI is InChI=1S/C15H17N3OS/c19-15(10-16-9-13-3-1-2-6-17-13)18-7-4-14-12(11-18)5-8-20-14/h1-3,5-6,8,16H,4,7,9-11H2. The Balaban J connectivity index is 1.48. The Bertz CT molecular complexity index is 582. The summed E-state index contributed by atoms with van der Waals surface area (Å²) in [4.78, 5) is 19.7. The van der Waals surface area contributed by atoms with E-state index in [0.717, 1.165) is 25.2 Å². The SMILES string of the molecule is O=C(CNCc1ccccn1)N1CCc2sccc2C1. The number of carbonyl (C=O) groups is 1. The molecule has 1 amide bonds. The summed E-state index contributed by atoms with van der Waals surface area (Å²) in [5, 5.41) is 5.27. The second-order valence-corrected chi connectivity index (χ2v) is 5.86. The number of pyridine rings is 1. The zero-order chi connectivity index (χ0) is 13.8. The van der Waals surface area contributed by atoms with Crippen LogP contribution in [-0.4, -0.2) is 28.9 Å². The van der Waals surface area contributed by atoms with Crippen molar-refractivity contribution in [1.29, 1.82) is 0 Å². The van der Waals surface area contributed by atoms with Crippen molar-refractivity contribution in [1.82, 2.24) is 15.2 Å². The molecule has 0 bridgehead atoms. The van der Waals surface area contributed by atoms with Crippen LogP contribution in [0.5, 0.6) is 0 Å². The van der Waals surface area contributed by atoms with Crippen molar-refractivity contribution in [3.8, 4) is 0 Å². The maximum atomic E-state index is 12.2. The van der Waals surface area contributed by atoms with Crippen LogP contribution in [0, 0.1) is 0 Å². The van der Waals surface area contributed by atoms with Crippen LogP contribution in [0.1, 0.15) is 16.1 Å². The molecule has 2 aromatic rings. The van der Waals surface area contributed by atoms with Gasteiger partial charge in [0.1, 0.15) is 0 Å². The van der Waals surface area contributed by atoms with Crippen molar-refractivity contribution in [3.05, 3.63) is 52.0 Å². The summed E-state index contributed by atoms with van der Waals surface area (Å²) in [6, 6.07) is 7.92. The van der Waals surface area contributed by atoms with Gasteiger partial charge in [0.2, 0.25) is 5.91 Å².